The Hall–Kier alpha value is -3.03. The number of non-ortho nitro benzene ring substituents is 1. The first kappa shape index (κ1) is 22.3. The molecule has 2 aromatic rings. The number of benzene rings is 2. The van der Waals surface area contributed by atoms with Crippen LogP contribution in [0.15, 0.2) is 52.3 Å². The summed E-state index contributed by atoms with van der Waals surface area (Å²) in [4.78, 5) is 32.1. The van der Waals surface area contributed by atoms with E-state index in [1.54, 1.807) is 6.26 Å². The molecule has 0 fully saturated rings. The number of nitro groups is 2. The number of esters is 1. The first-order chi connectivity index (χ1) is 13.6. The summed E-state index contributed by atoms with van der Waals surface area (Å²) >= 11 is 1.10. The number of ether oxygens (including phenoxy) is 1. The number of nitro benzene ring substituents is 2. The van der Waals surface area contributed by atoms with Crippen LogP contribution in [0, 0.1) is 20.2 Å². The minimum atomic E-state index is -4.17. The summed E-state index contributed by atoms with van der Waals surface area (Å²) in [6.45, 7) is -0.889. The van der Waals surface area contributed by atoms with Gasteiger partial charge in [0.2, 0.25) is 10.0 Å². The Labute approximate surface area is 169 Å². The van der Waals surface area contributed by atoms with E-state index in [-0.39, 0.29) is 22.9 Å². The van der Waals surface area contributed by atoms with E-state index in [2.05, 4.69) is 0 Å². The summed E-state index contributed by atoms with van der Waals surface area (Å²) in [7, 11) is -4.17. The van der Waals surface area contributed by atoms with E-state index in [1.165, 1.54) is 36.4 Å². The van der Waals surface area contributed by atoms with E-state index in [9.17, 15) is 33.4 Å². The topological polar surface area (TPSA) is 159 Å². The Kier molecular flexibility index (Phi) is 7.25. The van der Waals surface area contributed by atoms with Crippen LogP contribution in [0.25, 0.3) is 0 Å². The van der Waals surface area contributed by atoms with Crippen molar-refractivity contribution in [3.05, 3.63) is 68.3 Å². The molecule has 0 saturated heterocycles. The zero-order valence-corrected chi connectivity index (χ0v) is 16.6. The highest BCUT2D eigenvalue weighted by Crippen LogP contribution is 2.29. The molecule has 2 aromatic carbocycles. The molecule has 154 valence electrons. The van der Waals surface area contributed by atoms with Gasteiger partial charge in [-0.2, -0.15) is 4.72 Å². The molecule has 0 amide bonds. The van der Waals surface area contributed by atoms with Gasteiger partial charge in [0.15, 0.2) is 0 Å². The van der Waals surface area contributed by atoms with Crippen molar-refractivity contribution in [2.24, 2.45) is 0 Å². The zero-order valence-electron chi connectivity index (χ0n) is 14.9. The van der Waals surface area contributed by atoms with Crippen LogP contribution in [0.5, 0.6) is 0 Å². The Morgan fingerprint density at radius 2 is 1.76 bits per heavy atom. The number of thioether (sulfide) groups is 1. The van der Waals surface area contributed by atoms with Crippen LogP contribution in [0.1, 0.15) is 5.56 Å². The lowest BCUT2D eigenvalue weighted by molar-refractivity contribution is -0.388. The fourth-order valence-electron chi connectivity index (χ4n) is 2.15. The molecule has 1 N–H and O–H groups in total. The quantitative estimate of drug-likeness (QED) is 0.266. The Morgan fingerprint density at radius 3 is 2.31 bits per heavy atom. The lowest BCUT2D eigenvalue weighted by Gasteiger charge is -2.08. The Bertz CT molecular complexity index is 1040. The Morgan fingerprint density at radius 1 is 1.10 bits per heavy atom. The second-order valence-electron chi connectivity index (χ2n) is 5.50. The standard InChI is InChI=1S/C16H15N3O8S2/c1-28-15-7-6-13(8-14(15)19(23)24)29(25,26)17-9-16(20)27-10-11-2-4-12(5-3-11)18(21)22/h2-8,17H,9-10H2,1H3. The van der Waals surface area contributed by atoms with E-state index >= 15 is 0 Å². The second kappa shape index (κ2) is 9.45. The van der Waals surface area contributed by atoms with Crippen molar-refractivity contribution in [3.63, 3.8) is 0 Å². The number of rotatable bonds is 9. The van der Waals surface area contributed by atoms with E-state index in [1.807, 2.05) is 4.72 Å². The van der Waals surface area contributed by atoms with E-state index < -0.39 is 32.4 Å². The van der Waals surface area contributed by atoms with Crippen LogP contribution in [-0.2, 0) is 26.2 Å². The van der Waals surface area contributed by atoms with Crippen molar-refractivity contribution >= 4 is 39.1 Å². The minimum Gasteiger partial charge on any atom is -0.460 e. The highest BCUT2D eigenvalue weighted by molar-refractivity contribution is 7.98. The van der Waals surface area contributed by atoms with Gasteiger partial charge in [0, 0.05) is 18.2 Å². The molecule has 0 saturated carbocycles. The van der Waals surface area contributed by atoms with Crippen molar-refractivity contribution in [2.75, 3.05) is 12.8 Å². The van der Waals surface area contributed by atoms with Gasteiger partial charge in [-0.05, 0) is 36.1 Å². The van der Waals surface area contributed by atoms with Gasteiger partial charge in [-0.3, -0.25) is 25.0 Å². The van der Waals surface area contributed by atoms with E-state index in [4.69, 9.17) is 4.74 Å². The summed E-state index contributed by atoms with van der Waals surface area (Å²) in [5.74, 6) is -0.887. The summed E-state index contributed by atoms with van der Waals surface area (Å²) < 4.78 is 31.5. The minimum absolute atomic E-state index is 0.116. The molecular weight excluding hydrogens is 426 g/mol. The molecule has 0 bridgehead atoms. The smallest absolute Gasteiger partial charge is 0.321 e. The normalized spacial score (nSPS) is 11.1. The van der Waals surface area contributed by atoms with Gasteiger partial charge in [0.25, 0.3) is 11.4 Å². The lowest BCUT2D eigenvalue weighted by atomic mass is 10.2. The average molecular weight is 441 g/mol. The van der Waals surface area contributed by atoms with E-state index in [0.717, 1.165) is 17.8 Å². The molecule has 13 heteroatoms. The highest BCUT2D eigenvalue weighted by Gasteiger charge is 2.22. The molecule has 0 atom stereocenters. The van der Waals surface area contributed by atoms with Crippen molar-refractivity contribution in [1.29, 1.82) is 0 Å². The van der Waals surface area contributed by atoms with E-state index in [0.29, 0.717) is 10.5 Å². The number of nitrogens with zero attached hydrogens (tertiary/aromatic N) is 2. The second-order valence-corrected chi connectivity index (χ2v) is 8.11. The van der Waals surface area contributed by atoms with Crippen molar-refractivity contribution in [1.82, 2.24) is 4.72 Å². The number of carbonyl (C=O) groups excluding carboxylic acids is 1. The molecule has 0 heterocycles. The first-order valence-corrected chi connectivity index (χ1v) is 10.6. The molecule has 0 aliphatic carbocycles. The first-order valence-electron chi connectivity index (χ1n) is 7.85. The maximum Gasteiger partial charge on any atom is 0.321 e. The molecule has 0 aliphatic heterocycles. The fraction of sp³-hybridized carbons (Fsp3) is 0.188. The molecule has 0 aromatic heterocycles. The molecule has 0 spiro atoms. The molecule has 0 unspecified atom stereocenters. The van der Waals surface area contributed by atoms with Crippen LogP contribution in [-0.4, -0.2) is 37.0 Å². The van der Waals surface area contributed by atoms with Crippen LogP contribution < -0.4 is 4.72 Å². The summed E-state index contributed by atoms with van der Waals surface area (Å²) in [6.07, 6.45) is 1.62. The van der Waals surface area contributed by atoms with Crippen LogP contribution in [0.2, 0.25) is 0 Å². The van der Waals surface area contributed by atoms with Gasteiger partial charge < -0.3 is 4.74 Å². The maximum absolute atomic E-state index is 12.3. The number of hydrogen-bond donors (Lipinski definition) is 1. The predicted octanol–water partition coefficient (Wildman–Crippen LogP) is 2.25. The number of sulfonamides is 1. The molecule has 2 rings (SSSR count). The SMILES string of the molecule is CSc1ccc(S(=O)(=O)NCC(=O)OCc2ccc([N+](=O)[O-])cc2)cc1[N+](=O)[O-]. The number of hydrogen-bond acceptors (Lipinski definition) is 9. The Balaban J connectivity index is 1.97. The largest absolute Gasteiger partial charge is 0.460 e. The van der Waals surface area contributed by atoms with Gasteiger partial charge in [-0.15, -0.1) is 11.8 Å². The van der Waals surface area contributed by atoms with Gasteiger partial charge in [0.1, 0.15) is 13.2 Å². The fourth-order valence-corrected chi connectivity index (χ4v) is 3.68. The summed E-state index contributed by atoms with van der Waals surface area (Å²) in [5, 5.41) is 21.7. The van der Waals surface area contributed by atoms with Crippen molar-refractivity contribution in [3.8, 4) is 0 Å². The number of carbonyl (C=O) groups is 1. The predicted molar refractivity (Wildman–Crippen MR) is 103 cm³/mol. The van der Waals surface area contributed by atoms with Crippen molar-refractivity contribution in [2.45, 2.75) is 16.4 Å². The van der Waals surface area contributed by atoms with Gasteiger partial charge >= 0.3 is 5.97 Å². The molecular formula is C16H15N3O8S2. The highest BCUT2D eigenvalue weighted by atomic mass is 32.2. The van der Waals surface area contributed by atoms with Gasteiger partial charge in [0.05, 0.1) is 19.6 Å². The van der Waals surface area contributed by atoms with Crippen LogP contribution >= 0.6 is 11.8 Å². The third kappa shape index (κ3) is 5.97. The maximum atomic E-state index is 12.3. The van der Waals surface area contributed by atoms with Gasteiger partial charge in [-0.25, -0.2) is 8.42 Å². The van der Waals surface area contributed by atoms with Crippen molar-refractivity contribution < 1.29 is 27.8 Å². The lowest BCUT2D eigenvalue weighted by Crippen LogP contribution is -2.30. The molecule has 0 aliphatic rings. The van der Waals surface area contributed by atoms with Gasteiger partial charge in [-0.1, -0.05) is 0 Å². The third-order valence-electron chi connectivity index (χ3n) is 3.61. The summed E-state index contributed by atoms with van der Waals surface area (Å²) in [5.41, 5.74) is 0.00521. The zero-order chi connectivity index (χ0) is 21.6. The molecule has 0 radical (unpaired) electrons. The third-order valence-corrected chi connectivity index (χ3v) is 5.79. The van der Waals surface area contributed by atoms with Crippen LogP contribution in [0.3, 0.4) is 0 Å². The summed E-state index contributed by atoms with van der Waals surface area (Å²) in [6, 6.07) is 8.72. The van der Waals surface area contributed by atoms with Crippen LogP contribution in [0.4, 0.5) is 11.4 Å². The average Bonchev–Trinajstić information content (AvgIpc) is 2.70. The number of nitrogens with one attached hydrogen (secondary N) is 1. The molecule has 29 heavy (non-hydrogen) atoms. The monoisotopic (exact) mass is 441 g/mol. The molecule has 11 nitrogen and oxygen atoms in total.